The summed E-state index contributed by atoms with van der Waals surface area (Å²) in [5.41, 5.74) is 0.279. The van der Waals surface area contributed by atoms with Crippen LogP contribution >= 0.6 is 0 Å². The second-order valence-corrected chi connectivity index (χ2v) is 10.8. The van der Waals surface area contributed by atoms with Crippen molar-refractivity contribution < 1.29 is 14.5 Å². The number of hydrogen-bond donors (Lipinski definition) is 1. The van der Waals surface area contributed by atoms with E-state index >= 15 is 0 Å². The van der Waals surface area contributed by atoms with Crippen LogP contribution in [0.1, 0.15) is 41.6 Å². The van der Waals surface area contributed by atoms with E-state index in [0.717, 1.165) is 39.6 Å². The van der Waals surface area contributed by atoms with Crippen LogP contribution < -0.4 is 10.1 Å². The number of carbonyl (C=O) groups excluding carboxylic acids is 1. The SMILES string of the molecule is O=C1Nc2ccccc2[C@@]12[C@H]1c3ccccc3O[C@H](c3cccc4ccccc34)[C@@]1([N+](=O)[O-])C1CCCN12. The minimum Gasteiger partial charge on any atom is -0.478 e. The molecule has 7 heteroatoms. The van der Waals surface area contributed by atoms with E-state index in [1.165, 1.54) is 0 Å². The molecule has 2 fully saturated rings. The molecule has 7 nitrogen and oxygen atoms in total. The number of benzene rings is 4. The van der Waals surface area contributed by atoms with Gasteiger partial charge in [0.25, 0.3) is 11.4 Å². The van der Waals surface area contributed by atoms with E-state index in [4.69, 9.17) is 4.74 Å². The molecular formula is C31H25N3O4. The van der Waals surface area contributed by atoms with Crippen molar-refractivity contribution in [3.63, 3.8) is 0 Å². The molecule has 0 aromatic heterocycles. The van der Waals surface area contributed by atoms with Gasteiger partial charge in [0.1, 0.15) is 11.3 Å². The fourth-order valence-electron chi connectivity index (χ4n) is 8.16. The fourth-order valence-corrected chi connectivity index (χ4v) is 8.16. The molecule has 1 spiro atoms. The second-order valence-electron chi connectivity index (χ2n) is 10.8. The number of nitrogens with one attached hydrogen (secondary N) is 1. The molecule has 1 amide bonds. The Kier molecular flexibility index (Phi) is 4.26. The number of fused-ring (bicyclic) bond motifs is 10. The lowest BCUT2D eigenvalue weighted by atomic mass is 9.62. The largest absolute Gasteiger partial charge is 0.478 e. The highest BCUT2D eigenvalue weighted by Crippen LogP contribution is 2.69. The molecular weight excluding hydrogens is 478 g/mol. The number of para-hydroxylation sites is 2. The van der Waals surface area contributed by atoms with E-state index in [9.17, 15) is 14.9 Å². The van der Waals surface area contributed by atoms with Gasteiger partial charge in [-0.25, -0.2) is 0 Å². The molecule has 0 radical (unpaired) electrons. The third-order valence-electron chi connectivity index (χ3n) is 9.37. The van der Waals surface area contributed by atoms with Crippen LogP contribution in [-0.4, -0.2) is 33.9 Å². The first-order chi connectivity index (χ1) is 18.6. The summed E-state index contributed by atoms with van der Waals surface area (Å²) >= 11 is 0. The minimum atomic E-state index is -1.58. The molecule has 8 rings (SSSR count). The zero-order chi connectivity index (χ0) is 25.6. The zero-order valence-corrected chi connectivity index (χ0v) is 20.5. The number of ether oxygens (including phenoxy) is 1. The van der Waals surface area contributed by atoms with E-state index in [1.807, 2.05) is 91.0 Å². The van der Waals surface area contributed by atoms with Crippen LogP contribution in [0.25, 0.3) is 10.8 Å². The lowest BCUT2D eigenvalue weighted by molar-refractivity contribution is -0.591. The summed E-state index contributed by atoms with van der Waals surface area (Å²) in [5, 5.41) is 18.8. The molecule has 4 heterocycles. The number of nitro groups is 1. The van der Waals surface area contributed by atoms with Crippen molar-refractivity contribution in [2.24, 2.45) is 0 Å². The first kappa shape index (κ1) is 21.8. The Bertz CT molecular complexity index is 1660. The van der Waals surface area contributed by atoms with Crippen molar-refractivity contribution in [1.82, 2.24) is 4.90 Å². The third kappa shape index (κ3) is 2.37. The molecule has 1 unspecified atom stereocenters. The molecule has 0 aliphatic carbocycles. The van der Waals surface area contributed by atoms with E-state index < -0.39 is 29.1 Å². The predicted octanol–water partition coefficient (Wildman–Crippen LogP) is 5.40. The van der Waals surface area contributed by atoms with Gasteiger partial charge in [0, 0.05) is 33.8 Å². The summed E-state index contributed by atoms with van der Waals surface area (Å²) in [6.07, 6.45) is 0.532. The predicted molar refractivity (Wildman–Crippen MR) is 143 cm³/mol. The Morgan fingerprint density at radius 1 is 0.921 bits per heavy atom. The topological polar surface area (TPSA) is 84.7 Å². The van der Waals surface area contributed by atoms with Crippen LogP contribution in [0, 0.1) is 10.1 Å². The maximum absolute atomic E-state index is 14.3. The lowest BCUT2D eigenvalue weighted by Crippen LogP contribution is -2.59. The highest BCUT2D eigenvalue weighted by atomic mass is 16.6. The monoisotopic (exact) mass is 503 g/mol. The summed E-state index contributed by atoms with van der Waals surface area (Å²) in [6.45, 7) is 0.614. The van der Waals surface area contributed by atoms with Crippen LogP contribution in [0.15, 0.2) is 91.0 Å². The van der Waals surface area contributed by atoms with Crippen molar-refractivity contribution in [3.8, 4) is 5.75 Å². The van der Waals surface area contributed by atoms with Crippen molar-refractivity contribution in [2.75, 3.05) is 11.9 Å². The smallest absolute Gasteiger partial charge is 0.287 e. The summed E-state index contributed by atoms with van der Waals surface area (Å²) in [7, 11) is 0. The highest BCUT2D eigenvalue weighted by molar-refractivity contribution is 6.07. The van der Waals surface area contributed by atoms with Crippen LogP contribution in [0.3, 0.4) is 0 Å². The molecule has 0 bridgehead atoms. The summed E-state index contributed by atoms with van der Waals surface area (Å²) in [6, 6.07) is 28.6. The van der Waals surface area contributed by atoms with Gasteiger partial charge in [-0.3, -0.25) is 19.8 Å². The van der Waals surface area contributed by atoms with Crippen LogP contribution in [0.4, 0.5) is 5.69 Å². The average Bonchev–Trinajstić information content (AvgIpc) is 3.61. The fraction of sp³-hybridized carbons (Fsp3) is 0.258. The summed E-state index contributed by atoms with van der Waals surface area (Å²) < 4.78 is 6.74. The van der Waals surface area contributed by atoms with E-state index in [0.29, 0.717) is 18.7 Å². The maximum Gasteiger partial charge on any atom is 0.287 e. The van der Waals surface area contributed by atoms with Crippen molar-refractivity contribution in [1.29, 1.82) is 0 Å². The zero-order valence-electron chi connectivity index (χ0n) is 20.5. The Morgan fingerprint density at radius 2 is 1.66 bits per heavy atom. The maximum atomic E-state index is 14.3. The van der Waals surface area contributed by atoms with Gasteiger partial charge >= 0.3 is 0 Å². The van der Waals surface area contributed by atoms with Gasteiger partial charge in [-0.2, -0.15) is 0 Å². The molecule has 4 aliphatic rings. The first-order valence-corrected chi connectivity index (χ1v) is 13.1. The van der Waals surface area contributed by atoms with Crippen LogP contribution in [-0.2, 0) is 10.3 Å². The normalized spacial score (nSPS) is 30.8. The van der Waals surface area contributed by atoms with Gasteiger partial charge in [0.05, 0.1) is 12.0 Å². The van der Waals surface area contributed by atoms with Crippen molar-refractivity contribution >= 4 is 22.4 Å². The van der Waals surface area contributed by atoms with Gasteiger partial charge in [-0.05, 0) is 35.7 Å². The Balaban J connectivity index is 1.51. The number of nitrogens with zero attached hydrogens (tertiary/aromatic N) is 2. The van der Waals surface area contributed by atoms with Gasteiger partial charge in [-0.1, -0.05) is 78.9 Å². The number of hydrogen-bond acceptors (Lipinski definition) is 5. The third-order valence-corrected chi connectivity index (χ3v) is 9.37. The van der Waals surface area contributed by atoms with Gasteiger partial charge in [0.2, 0.25) is 0 Å². The average molecular weight is 504 g/mol. The van der Waals surface area contributed by atoms with E-state index in [1.54, 1.807) is 0 Å². The van der Waals surface area contributed by atoms with Gasteiger partial charge < -0.3 is 10.1 Å². The van der Waals surface area contributed by atoms with Crippen LogP contribution in [0.5, 0.6) is 5.75 Å². The first-order valence-electron chi connectivity index (χ1n) is 13.1. The number of amides is 1. The number of carbonyl (C=O) groups is 1. The van der Waals surface area contributed by atoms with E-state index in [2.05, 4.69) is 10.2 Å². The summed E-state index contributed by atoms with van der Waals surface area (Å²) in [5.74, 6) is -0.328. The molecule has 188 valence electrons. The number of anilines is 1. The standard InChI is InChI=1S/C31H25N3O4/c35-29-30(23-14-4-5-15-24(23)32-29)27-22-12-3-6-16-25(22)38-28(21-13-7-10-19-9-1-2-11-20(19)21)31(27,34(36)37)26-17-8-18-33(26)30/h1-7,9-16,26-28H,8,17-18H2,(H,32,35)/t26?,27-,28-,30-,31-/m1/s1. The number of rotatable bonds is 2. The lowest BCUT2D eigenvalue weighted by Gasteiger charge is -2.44. The molecule has 0 saturated carbocycles. The summed E-state index contributed by atoms with van der Waals surface area (Å²) in [4.78, 5) is 30.1. The van der Waals surface area contributed by atoms with Crippen LogP contribution in [0.2, 0.25) is 0 Å². The molecule has 1 N–H and O–H groups in total. The minimum absolute atomic E-state index is 0.105. The van der Waals surface area contributed by atoms with Gasteiger partial charge in [0.15, 0.2) is 6.10 Å². The molecule has 4 aromatic rings. The Morgan fingerprint density at radius 3 is 2.55 bits per heavy atom. The Hall–Kier alpha value is -4.23. The quantitative estimate of drug-likeness (QED) is 0.293. The molecule has 38 heavy (non-hydrogen) atoms. The highest BCUT2D eigenvalue weighted by Gasteiger charge is 2.83. The second kappa shape index (κ2) is 7.42. The molecule has 4 aromatic carbocycles. The van der Waals surface area contributed by atoms with Crippen molar-refractivity contribution in [2.45, 2.75) is 42.0 Å². The molecule has 2 saturated heterocycles. The van der Waals surface area contributed by atoms with E-state index in [-0.39, 0.29) is 10.8 Å². The molecule has 5 atom stereocenters. The Labute approximate surface area is 219 Å². The van der Waals surface area contributed by atoms with Gasteiger partial charge in [-0.15, -0.1) is 0 Å². The molecule has 4 aliphatic heterocycles. The van der Waals surface area contributed by atoms with Crippen molar-refractivity contribution in [3.05, 3.63) is 118 Å².